The summed E-state index contributed by atoms with van der Waals surface area (Å²) >= 11 is 0. The van der Waals surface area contributed by atoms with Gasteiger partial charge >= 0.3 is 5.97 Å². The Hall–Kier alpha value is -1.14. The lowest BCUT2D eigenvalue weighted by molar-refractivity contribution is -0.143. The van der Waals surface area contributed by atoms with E-state index in [4.69, 9.17) is 9.84 Å². The molecule has 0 aromatic rings. The lowest BCUT2D eigenvalue weighted by Gasteiger charge is -2.23. The van der Waals surface area contributed by atoms with Crippen molar-refractivity contribution in [2.45, 2.75) is 18.9 Å². The van der Waals surface area contributed by atoms with Crippen LogP contribution in [0.1, 0.15) is 12.8 Å². The number of morpholine rings is 1. The van der Waals surface area contributed by atoms with Gasteiger partial charge in [-0.25, -0.2) is 0 Å². The maximum atomic E-state index is 11.6. The molecule has 0 aromatic heterocycles. The molecule has 0 bridgehead atoms. The number of carbonyl (C=O) groups is 2. The van der Waals surface area contributed by atoms with E-state index in [1.165, 1.54) is 0 Å². The van der Waals surface area contributed by atoms with Gasteiger partial charge in [-0.3, -0.25) is 9.59 Å². The largest absolute Gasteiger partial charge is 0.481 e. The fourth-order valence-electron chi connectivity index (χ4n) is 1.73. The van der Waals surface area contributed by atoms with Gasteiger partial charge in [0.25, 0.3) is 0 Å². The fraction of sp³-hybridized carbons (Fsp3) is 0.800. The summed E-state index contributed by atoms with van der Waals surface area (Å²) in [4.78, 5) is 22.5. The number of hydrogen-bond donors (Lipinski definition) is 3. The van der Waals surface area contributed by atoms with Gasteiger partial charge < -0.3 is 20.5 Å². The Morgan fingerprint density at radius 2 is 2.25 bits per heavy atom. The van der Waals surface area contributed by atoms with E-state index in [1.807, 2.05) is 0 Å². The van der Waals surface area contributed by atoms with Gasteiger partial charge in [0.2, 0.25) is 5.91 Å². The van der Waals surface area contributed by atoms with E-state index in [0.29, 0.717) is 32.6 Å². The second-order valence-corrected chi connectivity index (χ2v) is 4.38. The highest BCUT2D eigenvalue weighted by atomic mass is 16.5. The predicted octanol–water partition coefficient (Wildman–Crippen LogP) is -1.04. The average Bonchev–Trinajstić information content (AvgIpc) is 3.08. The van der Waals surface area contributed by atoms with Crippen molar-refractivity contribution < 1.29 is 19.4 Å². The minimum Gasteiger partial charge on any atom is -0.481 e. The Morgan fingerprint density at radius 3 is 2.75 bits per heavy atom. The molecule has 1 unspecified atom stereocenters. The molecular formula is C10H16N2O4. The monoisotopic (exact) mass is 228 g/mol. The lowest BCUT2D eigenvalue weighted by Crippen LogP contribution is -2.52. The fourth-order valence-corrected chi connectivity index (χ4v) is 1.73. The van der Waals surface area contributed by atoms with Crippen LogP contribution in [0.5, 0.6) is 0 Å². The number of carboxylic acid groups (broad SMARTS) is 1. The molecule has 0 spiro atoms. The first kappa shape index (κ1) is 11.3. The summed E-state index contributed by atoms with van der Waals surface area (Å²) in [6.07, 6.45) is 1.30. The van der Waals surface area contributed by atoms with Crippen LogP contribution >= 0.6 is 0 Å². The van der Waals surface area contributed by atoms with Crippen LogP contribution in [-0.2, 0) is 14.3 Å². The quantitative estimate of drug-likeness (QED) is 0.572. The zero-order valence-electron chi connectivity index (χ0n) is 8.99. The predicted molar refractivity (Wildman–Crippen MR) is 54.9 cm³/mol. The number of amides is 1. The van der Waals surface area contributed by atoms with Crippen molar-refractivity contribution in [2.24, 2.45) is 5.41 Å². The van der Waals surface area contributed by atoms with Crippen LogP contribution in [0.2, 0.25) is 0 Å². The van der Waals surface area contributed by atoms with E-state index in [0.717, 1.165) is 0 Å². The van der Waals surface area contributed by atoms with Crippen LogP contribution in [0.15, 0.2) is 0 Å². The minimum atomic E-state index is -0.819. The number of nitrogens with one attached hydrogen (secondary N) is 2. The normalized spacial score (nSPS) is 27.1. The highest BCUT2D eigenvalue weighted by molar-refractivity contribution is 5.84. The summed E-state index contributed by atoms with van der Waals surface area (Å²) in [6, 6.07) is -0.349. The molecule has 3 N–H and O–H groups in total. The van der Waals surface area contributed by atoms with Crippen molar-refractivity contribution >= 4 is 11.9 Å². The number of carbonyl (C=O) groups excluding carboxylic acids is 1. The summed E-state index contributed by atoms with van der Waals surface area (Å²) in [5.41, 5.74) is -0.703. The topological polar surface area (TPSA) is 87.7 Å². The zero-order valence-corrected chi connectivity index (χ0v) is 8.99. The van der Waals surface area contributed by atoms with E-state index in [-0.39, 0.29) is 18.5 Å². The zero-order chi connectivity index (χ0) is 11.6. The molecule has 1 aliphatic carbocycles. The smallest absolute Gasteiger partial charge is 0.311 e. The Kier molecular flexibility index (Phi) is 3.11. The molecule has 2 aliphatic rings. The van der Waals surface area contributed by atoms with E-state index in [2.05, 4.69) is 10.6 Å². The van der Waals surface area contributed by atoms with Crippen molar-refractivity contribution in [3.63, 3.8) is 0 Å². The van der Waals surface area contributed by atoms with Crippen LogP contribution < -0.4 is 10.6 Å². The maximum Gasteiger partial charge on any atom is 0.311 e. The molecule has 2 fully saturated rings. The second kappa shape index (κ2) is 4.39. The highest BCUT2D eigenvalue weighted by Crippen LogP contribution is 2.45. The van der Waals surface area contributed by atoms with E-state index < -0.39 is 11.4 Å². The first-order chi connectivity index (χ1) is 7.64. The standard InChI is InChI=1S/C10H16N2O4/c13-8(7-5-16-4-3-11-7)12-6-10(1-2-10)9(14)15/h7,11H,1-6H2,(H,12,13)(H,14,15). The Labute approximate surface area is 93.3 Å². The van der Waals surface area contributed by atoms with Crippen LogP contribution in [0, 0.1) is 5.41 Å². The van der Waals surface area contributed by atoms with Gasteiger partial charge in [0, 0.05) is 13.1 Å². The first-order valence-electron chi connectivity index (χ1n) is 5.46. The second-order valence-electron chi connectivity index (χ2n) is 4.38. The molecule has 1 saturated heterocycles. The molecule has 1 atom stereocenters. The summed E-state index contributed by atoms with van der Waals surface area (Å²) in [7, 11) is 0. The Balaban J connectivity index is 1.77. The van der Waals surface area contributed by atoms with E-state index in [1.54, 1.807) is 0 Å². The summed E-state index contributed by atoms with van der Waals surface area (Å²) < 4.78 is 5.16. The first-order valence-corrected chi connectivity index (χ1v) is 5.46. The van der Waals surface area contributed by atoms with Gasteiger partial charge in [0.15, 0.2) is 0 Å². The number of carboxylic acids is 1. The minimum absolute atomic E-state index is 0.174. The van der Waals surface area contributed by atoms with Crippen molar-refractivity contribution in [3.05, 3.63) is 0 Å². The lowest BCUT2D eigenvalue weighted by atomic mass is 10.1. The van der Waals surface area contributed by atoms with Crippen LogP contribution in [0.25, 0.3) is 0 Å². The average molecular weight is 228 g/mol. The molecule has 90 valence electrons. The third-order valence-corrected chi connectivity index (χ3v) is 3.15. The molecule has 6 heteroatoms. The van der Waals surface area contributed by atoms with Crippen molar-refractivity contribution in [3.8, 4) is 0 Å². The van der Waals surface area contributed by atoms with Gasteiger partial charge in [-0.2, -0.15) is 0 Å². The summed E-state index contributed by atoms with van der Waals surface area (Å²) in [6.45, 7) is 1.84. The van der Waals surface area contributed by atoms with E-state index in [9.17, 15) is 9.59 Å². The molecule has 2 rings (SSSR count). The molecule has 0 aromatic carbocycles. The third-order valence-electron chi connectivity index (χ3n) is 3.15. The van der Waals surface area contributed by atoms with Crippen molar-refractivity contribution in [1.82, 2.24) is 10.6 Å². The van der Waals surface area contributed by atoms with Gasteiger partial charge in [-0.05, 0) is 12.8 Å². The van der Waals surface area contributed by atoms with Crippen molar-refractivity contribution in [1.29, 1.82) is 0 Å². The molecule has 1 aliphatic heterocycles. The van der Waals surface area contributed by atoms with Crippen LogP contribution in [0.3, 0.4) is 0 Å². The molecule has 1 heterocycles. The van der Waals surface area contributed by atoms with Gasteiger partial charge in [-0.1, -0.05) is 0 Å². The van der Waals surface area contributed by atoms with Gasteiger partial charge in [-0.15, -0.1) is 0 Å². The van der Waals surface area contributed by atoms with Crippen LogP contribution in [0.4, 0.5) is 0 Å². The molecule has 16 heavy (non-hydrogen) atoms. The van der Waals surface area contributed by atoms with Crippen molar-refractivity contribution in [2.75, 3.05) is 26.3 Å². The third kappa shape index (κ3) is 2.33. The Morgan fingerprint density at radius 1 is 1.50 bits per heavy atom. The molecule has 1 saturated carbocycles. The molecule has 0 radical (unpaired) electrons. The maximum absolute atomic E-state index is 11.6. The molecular weight excluding hydrogens is 212 g/mol. The van der Waals surface area contributed by atoms with Gasteiger partial charge in [0.05, 0.1) is 18.6 Å². The highest BCUT2D eigenvalue weighted by Gasteiger charge is 2.50. The number of rotatable bonds is 4. The van der Waals surface area contributed by atoms with Gasteiger partial charge in [0.1, 0.15) is 6.04 Å². The van der Waals surface area contributed by atoms with Crippen LogP contribution in [-0.4, -0.2) is 49.3 Å². The van der Waals surface area contributed by atoms with E-state index >= 15 is 0 Å². The summed E-state index contributed by atoms with van der Waals surface area (Å²) in [5, 5.41) is 14.6. The SMILES string of the molecule is O=C(NCC1(C(=O)O)CC1)C1COCCN1. The molecule has 1 amide bonds. The Bertz CT molecular complexity index is 295. The number of hydrogen-bond acceptors (Lipinski definition) is 4. The molecule has 6 nitrogen and oxygen atoms in total. The summed E-state index contributed by atoms with van der Waals surface area (Å²) in [5.74, 6) is -0.993. The number of aliphatic carboxylic acids is 1. The number of ether oxygens (including phenoxy) is 1.